The van der Waals surface area contributed by atoms with Crippen molar-refractivity contribution in [1.82, 2.24) is 4.98 Å². The van der Waals surface area contributed by atoms with Gasteiger partial charge in [0.25, 0.3) is 0 Å². The molecule has 1 aromatic heterocycles. The zero-order valence-electron chi connectivity index (χ0n) is 12.8. The van der Waals surface area contributed by atoms with Crippen molar-refractivity contribution in [3.63, 3.8) is 0 Å². The van der Waals surface area contributed by atoms with E-state index in [-0.39, 0.29) is 0 Å². The number of halogens is 4. The molecule has 2 aromatic carbocycles. The summed E-state index contributed by atoms with van der Waals surface area (Å²) < 4.78 is 27.5. The van der Waals surface area contributed by atoms with E-state index in [2.05, 4.69) is 4.98 Å². The van der Waals surface area contributed by atoms with E-state index < -0.39 is 11.6 Å². The van der Waals surface area contributed by atoms with Gasteiger partial charge in [-0.3, -0.25) is 0 Å². The van der Waals surface area contributed by atoms with Crippen LogP contribution in [0.2, 0.25) is 10.0 Å². The second-order valence-corrected chi connectivity index (χ2v) is 6.42. The van der Waals surface area contributed by atoms with E-state index in [0.29, 0.717) is 39.8 Å². The first-order valence-corrected chi connectivity index (χ1v) is 8.42. The van der Waals surface area contributed by atoms with Crippen LogP contribution in [0.3, 0.4) is 0 Å². The van der Waals surface area contributed by atoms with Crippen LogP contribution in [-0.2, 0) is 6.42 Å². The van der Waals surface area contributed by atoms with Crippen molar-refractivity contribution >= 4 is 34.1 Å². The Kier molecular flexibility index (Phi) is 5.09. The summed E-state index contributed by atoms with van der Waals surface area (Å²) in [6.45, 7) is 0.592. The number of aromatic nitrogens is 1. The van der Waals surface area contributed by atoms with Crippen LogP contribution in [0.25, 0.3) is 22.2 Å². The molecule has 0 atom stereocenters. The molecule has 0 saturated carbocycles. The molecule has 6 heteroatoms. The van der Waals surface area contributed by atoms with Gasteiger partial charge in [-0.25, -0.2) is 8.78 Å². The maximum atomic E-state index is 14.3. The molecule has 0 unspecified atom stereocenters. The molecule has 0 fully saturated rings. The number of hydrogen-bond acceptors (Lipinski definition) is 1. The van der Waals surface area contributed by atoms with Crippen LogP contribution >= 0.6 is 23.2 Å². The quantitative estimate of drug-likeness (QED) is 0.557. The fraction of sp³-hybridized carbons (Fsp3) is 0.222. The largest absolute Gasteiger partial charge is 0.353 e. The molecule has 0 radical (unpaired) electrons. The molecule has 0 aliphatic carbocycles. The van der Waals surface area contributed by atoms with Crippen molar-refractivity contribution in [3.05, 3.63) is 57.6 Å². The molecule has 2 nitrogen and oxygen atoms in total. The number of nitrogens with two attached hydrogens (primary N) is 1. The Balaban J connectivity index is 2.21. The van der Waals surface area contributed by atoms with Crippen molar-refractivity contribution in [1.29, 1.82) is 0 Å². The molecule has 0 saturated heterocycles. The maximum Gasteiger partial charge on any atom is 0.135 e. The Bertz CT molecular complexity index is 890. The van der Waals surface area contributed by atoms with Crippen LogP contribution in [0.5, 0.6) is 0 Å². The Morgan fingerprint density at radius 3 is 2.54 bits per heavy atom. The summed E-state index contributed by atoms with van der Waals surface area (Å²) in [5.41, 5.74) is 8.07. The van der Waals surface area contributed by atoms with E-state index >= 15 is 0 Å². The second-order valence-electron chi connectivity index (χ2n) is 5.63. The highest BCUT2D eigenvalue weighted by Crippen LogP contribution is 2.38. The molecule has 3 N–H and O–H groups in total. The van der Waals surface area contributed by atoms with Gasteiger partial charge >= 0.3 is 0 Å². The number of rotatable bonds is 5. The van der Waals surface area contributed by atoms with E-state index in [4.69, 9.17) is 28.9 Å². The SMILES string of the molecule is NCCCCc1c(-c2ccc(F)cc2F)[nH]c2c(Cl)c(Cl)ccc12. The standard InChI is InChI=1S/C18H16Cl2F2N2/c19-14-7-6-12-11(3-1-2-8-23)17(24-18(12)16(14)20)13-5-4-10(21)9-15(13)22/h4-7,9,24H,1-3,8,23H2. The Morgan fingerprint density at radius 1 is 1.04 bits per heavy atom. The number of H-pyrrole nitrogens is 1. The number of unbranched alkanes of at least 4 members (excludes halogenated alkanes) is 1. The predicted molar refractivity (Wildman–Crippen MR) is 95.7 cm³/mol. The average Bonchev–Trinajstić information content (AvgIpc) is 2.91. The minimum atomic E-state index is -0.621. The van der Waals surface area contributed by atoms with Crippen molar-refractivity contribution in [2.45, 2.75) is 19.3 Å². The summed E-state index contributed by atoms with van der Waals surface area (Å²) in [5, 5.41) is 1.70. The lowest BCUT2D eigenvalue weighted by molar-refractivity contribution is 0.585. The zero-order valence-corrected chi connectivity index (χ0v) is 14.3. The molecule has 0 spiro atoms. The first-order valence-electron chi connectivity index (χ1n) is 7.67. The number of aromatic amines is 1. The average molecular weight is 369 g/mol. The number of fused-ring (bicyclic) bond motifs is 1. The van der Waals surface area contributed by atoms with Crippen molar-refractivity contribution < 1.29 is 8.78 Å². The minimum absolute atomic E-state index is 0.308. The summed E-state index contributed by atoms with van der Waals surface area (Å²) in [6, 6.07) is 7.12. The minimum Gasteiger partial charge on any atom is -0.353 e. The number of nitrogens with one attached hydrogen (secondary N) is 1. The number of hydrogen-bond donors (Lipinski definition) is 2. The van der Waals surface area contributed by atoms with Crippen molar-refractivity contribution in [2.24, 2.45) is 5.73 Å². The Morgan fingerprint density at radius 2 is 1.83 bits per heavy atom. The van der Waals surface area contributed by atoms with Crippen LogP contribution in [0, 0.1) is 11.6 Å². The maximum absolute atomic E-state index is 14.3. The van der Waals surface area contributed by atoms with Gasteiger partial charge in [-0.05, 0) is 49.6 Å². The fourth-order valence-electron chi connectivity index (χ4n) is 2.89. The van der Waals surface area contributed by atoms with E-state index in [1.165, 1.54) is 12.1 Å². The van der Waals surface area contributed by atoms with E-state index in [9.17, 15) is 8.78 Å². The molecule has 0 amide bonds. The summed E-state index contributed by atoms with van der Waals surface area (Å²) >= 11 is 12.4. The van der Waals surface area contributed by atoms with Crippen LogP contribution in [0.1, 0.15) is 18.4 Å². The van der Waals surface area contributed by atoms with Gasteiger partial charge in [0, 0.05) is 17.0 Å². The van der Waals surface area contributed by atoms with Crippen molar-refractivity contribution in [2.75, 3.05) is 6.54 Å². The second kappa shape index (κ2) is 7.09. The normalized spacial score (nSPS) is 11.4. The van der Waals surface area contributed by atoms with Gasteiger partial charge in [0.05, 0.1) is 21.3 Å². The van der Waals surface area contributed by atoms with Crippen LogP contribution in [0.4, 0.5) is 8.78 Å². The molecule has 0 aliphatic rings. The highest BCUT2D eigenvalue weighted by molar-refractivity contribution is 6.45. The zero-order chi connectivity index (χ0) is 17.3. The van der Waals surface area contributed by atoms with Crippen LogP contribution in [0.15, 0.2) is 30.3 Å². The lowest BCUT2D eigenvalue weighted by Crippen LogP contribution is -1.99. The molecule has 3 aromatic rings. The van der Waals surface area contributed by atoms with Gasteiger partial charge < -0.3 is 10.7 Å². The molecule has 126 valence electrons. The van der Waals surface area contributed by atoms with Crippen LogP contribution in [-0.4, -0.2) is 11.5 Å². The third-order valence-corrected chi connectivity index (χ3v) is 4.86. The summed E-state index contributed by atoms with van der Waals surface area (Å²) in [5.74, 6) is -1.23. The predicted octanol–water partition coefficient (Wildman–Crippen LogP) is 5.70. The van der Waals surface area contributed by atoms with Crippen molar-refractivity contribution in [3.8, 4) is 11.3 Å². The molecule has 24 heavy (non-hydrogen) atoms. The van der Waals surface area contributed by atoms with Gasteiger partial charge in [0.15, 0.2) is 0 Å². The van der Waals surface area contributed by atoms with Gasteiger partial charge in [-0.15, -0.1) is 0 Å². The fourth-order valence-corrected chi connectivity index (χ4v) is 3.26. The first-order chi connectivity index (χ1) is 11.5. The highest BCUT2D eigenvalue weighted by atomic mass is 35.5. The van der Waals surface area contributed by atoms with E-state index in [0.717, 1.165) is 29.9 Å². The van der Waals surface area contributed by atoms with E-state index in [1.807, 2.05) is 6.07 Å². The molecule has 0 aliphatic heterocycles. The Labute approximate surface area is 148 Å². The number of benzene rings is 2. The molecule has 1 heterocycles. The van der Waals surface area contributed by atoms with Gasteiger partial charge in [0.1, 0.15) is 11.6 Å². The lowest BCUT2D eigenvalue weighted by atomic mass is 10.00. The van der Waals surface area contributed by atoms with Gasteiger partial charge in [-0.1, -0.05) is 29.3 Å². The lowest BCUT2D eigenvalue weighted by Gasteiger charge is -2.06. The van der Waals surface area contributed by atoms with Gasteiger partial charge in [0.2, 0.25) is 0 Å². The summed E-state index contributed by atoms with van der Waals surface area (Å²) in [6.07, 6.45) is 2.43. The monoisotopic (exact) mass is 368 g/mol. The molecular weight excluding hydrogens is 353 g/mol. The van der Waals surface area contributed by atoms with Crippen LogP contribution < -0.4 is 5.73 Å². The third kappa shape index (κ3) is 3.14. The molecule has 0 bridgehead atoms. The molecular formula is C18H16Cl2F2N2. The summed E-state index contributed by atoms with van der Waals surface area (Å²) in [4.78, 5) is 3.17. The highest BCUT2D eigenvalue weighted by Gasteiger charge is 2.18. The topological polar surface area (TPSA) is 41.8 Å². The molecule has 3 rings (SSSR count). The summed E-state index contributed by atoms with van der Waals surface area (Å²) in [7, 11) is 0. The van der Waals surface area contributed by atoms with E-state index in [1.54, 1.807) is 6.07 Å². The van der Waals surface area contributed by atoms with Gasteiger partial charge in [-0.2, -0.15) is 0 Å². The third-order valence-electron chi connectivity index (χ3n) is 4.05. The number of aryl methyl sites for hydroxylation is 1. The smallest absolute Gasteiger partial charge is 0.135 e. The Hall–Kier alpha value is -1.62. The first kappa shape index (κ1) is 17.2.